The topological polar surface area (TPSA) is 76.4 Å². The van der Waals surface area contributed by atoms with Crippen LogP contribution in [0.5, 0.6) is 5.75 Å². The van der Waals surface area contributed by atoms with Gasteiger partial charge in [-0.2, -0.15) is 0 Å². The molecule has 1 rings (SSSR count). The highest BCUT2D eigenvalue weighted by Crippen LogP contribution is 2.28. The largest absolute Gasteiger partial charge is 0.491 e. The molecule has 0 heterocycles. The Bertz CT molecular complexity index is 464. The van der Waals surface area contributed by atoms with Crippen LogP contribution in [-0.4, -0.2) is 25.6 Å². The molecule has 1 amide bonds. The Labute approximate surface area is 118 Å². The van der Waals surface area contributed by atoms with E-state index in [-0.39, 0.29) is 23.9 Å². The van der Waals surface area contributed by atoms with Gasteiger partial charge in [-0.25, -0.2) is 4.39 Å². The molecule has 0 atom stereocenters. The number of hydrogen-bond acceptors (Lipinski definition) is 4. The molecule has 0 aliphatic rings. The summed E-state index contributed by atoms with van der Waals surface area (Å²) in [4.78, 5) is 11.6. The number of hydrogen-bond donors (Lipinski definition) is 3. The molecule has 0 saturated heterocycles. The fourth-order valence-electron chi connectivity index (χ4n) is 1.54. The van der Waals surface area contributed by atoms with Gasteiger partial charge in [0.2, 0.25) is 5.91 Å². The van der Waals surface area contributed by atoms with E-state index in [0.29, 0.717) is 24.8 Å². The van der Waals surface area contributed by atoms with Crippen molar-refractivity contribution in [2.45, 2.75) is 20.8 Å². The number of nitrogens with one attached hydrogen (secondary N) is 2. The van der Waals surface area contributed by atoms with E-state index in [0.717, 1.165) is 0 Å². The van der Waals surface area contributed by atoms with Crippen LogP contribution in [0.2, 0.25) is 0 Å². The van der Waals surface area contributed by atoms with Crippen LogP contribution < -0.4 is 21.1 Å². The summed E-state index contributed by atoms with van der Waals surface area (Å²) in [5, 5.41) is 5.65. The summed E-state index contributed by atoms with van der Waals surface area (Å²) in [5.41, 5.74) is 6.42. The van der Waals surface area contributed by atoms with Crippen LogP contribution in [0.15, 0.2) is 12.1 Å². The second-order valence-electron chi connectivity index (χ2n) is 4.85. The lowest BCUT2D eigenvalue weighted by Gasteiger charge is -2.13. The number of benzene rings is 1. The van der Waals surface area contributed by atoms with Gasteiger partial charge in [-0.3, -0.25) is 4.79 Å². The molecule has 0 unspecified atom stereocenters. The SMILES string of the molecule is CCOc1cc(NCC(=O)NCC(C)C)c(N)cc1F. The van der Waals surface area contributed by atoms with E-state index in [1.807, 2.05) is 13.8 Å². The monoisotopic (exact) mass is 283 g/mol. The number of carbonyl (C=O) groups excluding carboxylic acids is 1. The number of ether oxygens (including phenoxy) is 1. The van der Waals surface area contributed by atoms with Gasteiger partial charge >= 0.3 is 0 Å². The average Bonchev–Trinajstić information content (AvgIpc) is 2.38. The van der Waals surface area contributed by atoms with Gasteiger partial charge in [-0.15, -0.1) is 0 Å². The summed E-state index contributed by atoms with van der Waals surface area (Å²) < 4.78 is 18.7. The molecule has 6 heteroatoms. The molecule has 0 saturated carbocycles. The first-order chi connectivity index (χ1) is 9.43. The predicted octanol–water partition coefficient (Wildman–Crippen LogP) is 1.99. The van der Waals surface area contributed by atoms with Crippen molar-refractivity contribution < 1.29 is 13.9 Å². The number of nitrogens with two attached hydrogens (primary N) is 1. The first-order valence-electron chi connectivity index (χ1n) is 6.66. The second kappa shape index (κ2) is 7.57. The number of rotatable bonds is 7. The minimum atomic E-state index is -0.515. The Morgan fingerprint density at radius 2 is 2.15 bits per heavy atom. The van der Waals surface area contributed by atoms with Crippen molar-refractivity contribution in [3.63, 3.8) is 0 Å². The maximum atomic E-state index is 13.5. The highest BCUT2D eigenvalue weighted by molar-refractivity contribution is 5.82. The molecule has 112 valence electrons. The summed E-state index contributed by atoms with van der Waals surface area (Å²) in [7, 11) is 0. The first kappa shape index (κ1) is 16.1. The number of nitrogen functional groups attached to an aromatic ring is 1. The van der Waals surface area contributed by atoms with E-state index < -0.39 is 5.82 Å². The fraction of sp³-hybridized carbons (Fsp3) is 0.500. The van der Waals surface area contributed by atoms with Crippen LogP contribution in [0, 0.1) is 11.7 Å². The molecule has 4 N–H and O–H groups in total. The average molecular weight is 283 g/mol. The normalized spacial score (nSPS) is 10.4. The summed E-state index contributed by atoms with van der Waals surface area (Å²) >= 11 is 0. The van der Waals surface area contributed by atoms with Gasteiger partial charge < -0.3 is 21.1 Å². The molecular weight excluding hydrogens is 261 g/mol. The van der Waals surface area contributed by atoms with Crippen LogP contribution >= 0.6 is 0 Å². The van der Waals surface area contributed by atoms with Crippen LogP contribution in [0.3, 0.4) is 0 Å². The molecule has 0 aliphatic carbocycles. The van der Waals surface area contributed by atoms with Crippen LogP contribution in [0.25, 0.3) is 0 Å². The summed E-state index contributed by atoms with van der Waals surface area (Å²) in [6, 6.07) is 2.64. The standard InChI is InChI=1S/C14H22FN3O2/c1-4-20-13-6-12(11(16)5-10(13)15)17-8-14(19)18-7-9(2)3/h5-6,9,17H,4,7-8,16H2,1-3H3,(H,18,19). The molecule has 0 radical (unpaired) electrons. The van der Waals surface area contributed by atoms with Crippen molar-refractivity contribution in [3.8, 4) is 5.75 Å². The Kier molecular flexibility index (Phi) is 6.09. The first-order valence-corrected chi connectivity index (χ1v) is 6.66. The van der Waals surface area contributed by atoms with Gasteiger partial charge in [0.25, 0.3) is 0 Å². The molecule has 1 aromatic rings. The van der Waals surface area contributed by atoms with Crippen molar-refractivity contribution in [2.75, 3.05) is 30.7 Å². The molecule has 0 bridgehead atoms. The number of amides is 1. The third-order valence-corrected chi connectivity index (χ3v) is 2.55. The minimum absolute atomic E-state index is 0.0775. The minimum Gasteiger partial charge on any atom is -0.491 e. The zero-order chi connectivity index (χ0) is 15.1. The third-order valence-electron chi connectivity index (χ3n) is 2.55. The summed E-state index contributed by atoms with van der Waals surface area (Å²) in [5.74, 6) is -0.147. The van der Waals surface area contributed by atoms with Gasteiger partial charge in [-0.05, 0) is 12.8 Å². The van der Waals surface area contributed by atoms with Gasteiger partial charge in [0.1, 0.15) is 0 Å². The van der Waals surface area contributed by atoms with Crippen molar-refractivity contribution in [3.05, 3.63) is 17.9 Å². The molecular formula is C14H22FN3O2. The van der Waals surface area contributed by atoms with Crippen LogP contribution in [-0.2, 0) is 4.79 Å². The quantitative estimate of drug-likeness (QED) is 0.669. The maximum absolute atomic E-state index is 13.5. The molecule has 0 fully saturated rings. The molecule has 1 aromatic carbocycles. The predicted molar refractivity (Wildman–Crippen MR) is 78.3 cm³/mol. The Hall–Kier alpha value is -1.98. The highest BCUT2D eigenvalue weighted by atomic mass is 19.1. The van der Waals surface area contributed by atoms with E-state index in [2.05, 4.69) is 10.6 Å². The van der Waals surface area contributed by atoms with E-state index in [1.165, 1.54) is 12.1 Å². The molecule has 5 nitrogen and oxygen atoms in total. The van der Waals surface area contributed by atoms with Crippen molar-refractivity contribution >= 4 is 17.3 Å². The molecule has 0 spiro atoms. The zero-order valence-corrected chi connectivity index (χ0v) is 12.1. The van der Waals surface area contributed by atoms with Gasteiger partial charge in [-0.1, -0.05) is 13.8 Å². The lowest BCUT2D eigenvalue weighted by atomic mass is 10.2. The second-order valence-corrected chi connectivity index (χ2v) is 4.85. The summed E-state index contributed by atoms with van der Waals surface area (Å²) in [6.45, 7) is 6.84. The molecule has 0 aliphatic heterocycles. The maximum Gasteiger partial charge on any atom is 0.239 e. The van der Waals surface area contributed by atoms with E-state index in [9.17, 15) is 9.18 Å². The van der Waals surface area contributed by atoms with Crippen molar-refractivity contribution in [2.24, 2.45) is 5.92 Å². The lowest BCUT2D eigenvalue weighted by molar-refractivity contribution is -0.119. The van der Waals surface area contributed by atoms with E-state index >= 15 is 0 Å². The smallest absolute Gasteiger partial charge is 0.239 e. The zero-order valence-electron chi connectivity index (χ0n) is 12.1. The third kappa shape index (κ3) is 4.95. The number of halogens is 1. The van der Waals surface area contributed by atoms with E-state index in [4.69, 9.17) is 10.5 Å². The summed E-state index contributed by atoms with van der Waals surface area (Å²) in [6.07, 6.45) is 0. The Morgan fingerprint density at radius 3 is 2.75 bits per heavy atom. The molecule has 0 aromatic heterocycles. The van der Waals surface area contributed by atoms with Gasteiger partial charge in [0, 0.05) is 18.7 Å². The van der Waals surface area contributed by atoms with Crippen LogP contribution in [0.1, 0.15) is 20.8 Å². The van der Waals surface area contributed by atoms with Gasteiger partial charge in [0.05, 0.1) is 24.5 Å². The van der Waals surface area contributed by atoms with Crippen molar-refractivity contribution in [1.29, 1.82) is 0 Å². The Balaban J connectivity index is 2.63. The van der Waals surface area contributed by atoms with E-state index in [1.54, 1.807) is 6.92 Å². The van der Waals surface area contributed by atoms with Gasteiger partial charge in [0.15, 0.2) is 11.6 Å². The number of anilines is 2. The highest BCUT2D eigenvalue weighted by Gasteiger charge is 2.10. The Morgan fingerprint density at radius 1 is 1.45 bits per heavy atom. The van der Waals surface area contributed by atoms with Crippen molar-refractivity contribution in [1.82, 2.24) is 5.32 Å². The lowest BCUT2D eigenvalue weighted by Crippen LogP contribution is -2.32. The number of carbonyl (C=O) groups is 1. The van der Waals surface area contributed by atoms with Crippen LogP contribution in [0.4, 0.5) is 15.8 Å². The molecule has 20 heavy (non-hydrogen) atoms. The fourth-order valence-corrected chi connectivity index (χ4v) is 1.54.